The van der Waals surface area contributed by atoms with Crippen LogP contribution in [0.25, 0.3) is 0 Å². The van der Waals surface area contributed by atoms with Gasteiger partial charge in [0.1, 0.15) is 0 Å². The summed E-state index contributed by atoms with van der Waals surface area (Å²) < 4.78 is 12.3. The molecule has 1 atom stereocenters. The molecule has 0 bridgehead atoms. The number of hydrogen-bond donors (Lipinski definition) is 1. The van der Waals surface area contributed by atoms with Crippen LogP contribution in [0, 0.1) is 17.4 Å². The van der Waals surface area contributed by atoms with Gasteiger partial charge in [-0.25, -0.2) is 4.79 Å². The Morgan fingerprint density at radius 1 is 1.21 bits per heavy atom. The maximum atomic E-state index is 13.0. The van der Waals surface area contributed by atoms with E-state index in [2.05, 4.69) is 22.6 Å². The molecule has 1 unspecified atom stereocenters. The van der Waals surface area contributed by atoms with Crippen LogP contribution in [0.3, 0.4) is 0 Å². The third-order valence-electron chi connectivity index (χ3n) is 5.81. The standard InChI is InChI=1S/C22H30INO5/c1-12-15-10-17(25)24(14-6-8-28-9-7-14)11-16(15)13(2)19(23)18(12)20(21(26)27)29-22(3,4)5/h14,20H,6-11H2,1-5H3,(H,26,27). The molecule has 2 aliphatic rings. The number of carboxylic acids is 1. The normalized spacial score (nSPS) is 19.2. The summed E-state index contributed by atoms with van der Waals surface area (Å²) in [6.45, 7) is 11.5. The maximum Gasteiger partial charge on any atom is 0.337 e. The molecule has 0 saturated carbocycles. The fourth-order valence-electron chi connectivity index (χ4n) is 4.31. The molecule has 0 aliphatic carbocycles. The van der Waals surface area contributed by atoms with E-state index in [0.717, 1.165) is 38.7 Å². The topological polar surface area (TPSA) is 76.1 Å². The van der Waals surface area contributed by atoms with Crippen LogP contribution in [0.5, 0.6) is 0 Å². The lowest BCUT2D eigenvalue weighted by Crippen LogP contribution is -2.46. The molecule has 0 aromatic heterocycles. The number of amides is 1. The molecule has 1 fully saturated rings. The van der Waals surface area contributed by atoms with Crippen molar-refractivity contribution in [2.24, 2.45) is 0 Å². The third-order valence-corrected chi connectivity index (χ3v) is 7.20. The summed E-state index contributed by atoms with van der Waals surface area (Å²) in [6, 6.07) is 0.220. The molecule has 0 radical (unpaired) electrons. The number of carbonyl (C=O) groups excluding carboxylic acids is 1. The predicted molar refractivity (Wildman–Crippen MR) is 118 cm³/mol. The predicted octanol–water partition coefficient (Wildman–Crippen LogP) is 3.91. The summed E-state index contributed by atoms with van der Waals surface area (Å²) in [7, 11) is 0. The van der Waals surface area contributed by atoms with Gasteiger partial charge in [0.15, 0.2) is 6.10 Å². The van der Waals surface area contributed by atoms with Gasteiger partial charge in [0.25, 0.3) is 0 Å². The average Bonchev–Trinajstić information content (AvgIpc) is 2.65. The van der Waals surface area contributed by atoms with Gasteiger partial charge in [-0.05, 0) is 92.3 Å². The molecule has 1 N–H and O–H groups in total. The van der Waals surface area contributed by atoms with Crippen molar-refractivity contribution >= 4 is 34.5 Å². The van der Waals surface area contributed by atoms with Crippen LogP contribution in [-0.4, -0.2) is 46.7 Å². The zero-order valence-electron chi connectivity index (χ0n) is 17.8. The van der Waals surface area contributed by atoms with Gasteiger partial charge in [-0.2, -0.15) is 0 Å². The summed E-state index contributed by atoms with van der Waals surface area (Å²) in [5.74, 6) is -0.895. The first-order valence-corrected chi connectivity index (χ1v) is 11.2. The molecule has 1 amide bonds. The Kier molecular flexibility index (Phi) is 6.60. The summed E-state index contributed by atoms with van der Waals surface area (Å²) in [4.78, 5) is 27.0. The number of carboxylic acid groups (broad SMARTS) is 1. The van der Waals surface area contributed by atoms with E-state index in [1.807, 2.05) is 39.5 Å². The number of aliphatic carboxylic acids is 1. The van der Waals surface area contributed by atoms with Gasteiger partial charge < -0.3 is 19.5 Å². The molecular weight excluding hydrogens is 485 g/mol. The van der Waals surface area contributed by atoms with Crippen molar-refractivity contribution < 1.29 is 24.2 Å². The van der Waals surface area contributed by atoms with Gasteiger partial charge in [-0.1, -0.05) is 0 Å². The Hall–Kier alpha value is -1.19. The maximum absolute atomic E-state index is 13.0. The molecule has 2 heterocycles. The van der Waals surface area contributed by atoms with Crippen LogP contribution in [0.4, 0.5) is 0 Å². The summed E-state index contributed by atoms with van der Waals surface area (Å²) >= 11 is 2.24. The molecule has 7 heteroatoms. The van der Waals surface area contributed by atoms with Crippen molar-refractivity contribution in [1.82, 2.24) is 4.90 Å². The molecule has 2 aliphatic heterocycles. The molecule has 0 spiro atoms. The Morgan fingerprint density at radius 2 is 1.83 bits per heavy atom. The highest BCUT2D eigenvalue weighted by atomic mass is 127. The van der Waals surface area contributed by atoms with Crippen molar-refractivity contribution in [3.63, 3.8) is 0 Å². The smallest absolute Gasteiger partial charge is 0.337 e. The van der Waals surface area contributed by atoms with Gasteiger partial charge in [-0.3, -0.25) is 4.79 Å². The number of nitrogens with zero attached hydrogens (tertiary/aromatic N) is 1. The number of carbonyl (C=O) groups is 2. The lowest BCUT2D eigenvalue weighted by molar-refractivity contribution is -0.160. The first-order chi connectivity index (χ1) is 13.5. The summed E-state index contributed by atoms with van der Waals surface area (Å²) in [5.41, 5.74) is 4.12. The second-order valence-electron chi connectivity index (χ2n) is 8.93. The van der Waals surface area contributed by atoms with Gasteiger partial charge in [-0.15, -0.1) is 0 Å². The minimum absolute atomic E-state index is 0.114. The number of benzene rings is 1. The van der Waals surface area contributed by atoms with E-state index in [1.165, 1.54) is 0 Å². The number of halogens is 1. The Morgan fingerprint density at radius 3 is 2.38 bits per heavy atom. The molecule has 1 aromatic rings. The van der Waals surface area contributed by atoms with Crippen LogP contribution < -0.4 is 0 Å². The van der Waals surface area contributed by atoms with Crippen LogP contribution in [0.15, 0.2) is 0 Å². The van der Waals surface area contributed by atoms with Crippen molar-refractivity contribution in [3.8, 4) is 0 Å². The van der Waals surface area contributed by atoms with Crippen LogP contribution >= 0.6 is 22.6 Å². The van der Waals surface area contributed by atoms with Crippen molar-refractivity contribution in [2.45, 2.75) is 78.2 Å². The quantitative estimate of drug-likeness (QED) is 0.616. The van der Waals surface area contributed by atoms with Crippen molar-refractivity contribution in [1.29, 1.82) is 0 Å². The number of ether oxygens (including phenoxy) is 2. The second kappa shape index (κ2) is 8.51. The van der Waals surface area contributed by atoms with Crippen LogP contribution in [0.2, 0.25) is 0 Å². The first-order valence-electron chi connectivity index (χ1n) is 10.1. The van der Waals surface area contributed by atoms with Gasteiger partial charge >= 0.3 is 5.97 Å². The van der Waals surface area contributed by atoms with Gasteiger partial charge in [0, 0.05) is 34.9 Å². The molecule has 29 heavy (non-hydrogen) atoms. The van der Waals surface area contributed by atoms with Crippen LogP contribution in [0.1, 0.15) is 67.5 Å². The monoisotopic (exact) mass is 515 g/mol. The van der Waals surface area contributed by atoms with E-state index in [0.29, 0.717) is 31.7 Å². The number of fused-ring (bicyclic) bond motifs is 1. The molecule has 160 valence electrons. The van der Waals surface area contributed by atoms with E-state index in [-0.39, 0.29) is 11.9 Å². The Labute approximate surface area is 186 Å². The van der Waals surface area contributed by atoms with E-state index >= 15 is 0 Å². The van der Waals surface area contributed by atoms with Crippen LogP contribution in [-0.2, 0) is 32.0 Å². The minimum Gasteiger partial charge on any atom is -0.479 e. The van der Waals surface area contributed by atoms with E-state index in [9.17, 15) is 14.7 Å². The lowest BCUT2D eigenvalue weighted by atomic mass is 9.85. The minimum atomic E-state index is -1.06. The highest BCUT2D eigenvalue weighted by Crippen LogP contribution is 2.39. The third kappa shape index (κ3) is 4.61. The number of rotatable bonds is 4. The summed E-state index contributed by atoms with van der Waals surface area (Å²) in [5, 5.41) is 9.88. The average molecular weight is 515 g/mol. The second-order valence-corrected chi connectivity index (χ2v) is 10.0. The Balaban J connectivity index is 2.05. The van der Waals surface area contributed by atoms with Crippen molar-refractivity contribution in [2.75, 3.05) is 13.2 Å². The zero-order valence-corrected chi connectivity index (χ0v) is 20.0. The molecule has 1 saturated heterocycles. The molecule has 3 rings (SSSR count). The Bertz CT molecular complexity index is 824. The number of hydrogen-bond acceptors (Lipinski definition) is 4. The van der Waals surface area contributed by atoms with E-state index < -0.39 is 17.7 Å². The zero-order chi connectivity index (χ0) is 21.5. The van der Waals surface area contributed by atoms with Gasteiger partial charge in [0.05, 0.1) is 12.0 Å². The molecule has 6 nitrogen and oxygen atoms in total. The highest BCUT2D eigenvalue weighted by Gasteiger charge is 2.36. The first kappa shape index (κ1) is 22.5. The SMILES string of the molecule is Cc1c(I)c(C(OC(C)(C)C)C(=O)O)c(C)c2c1CN(C1CCOCC1)C(=O)C2. The lowest BCUT2D eigenvalue weighted by Gasteiger charge is -2.39. The highest BCUT2D eigenvalue weighted by molar-refractivity contribution is 14.1. The fraction of sp³-hybridized carbons (Fsp3) is 0.636. The van der Waals surface area contributed by atoms with E-state index in [4.69, 9.17) is 9.47 Å². The molecule has 1 aromatic carbocycles. The fourth-order valence-corrected chi connectivity index (χ4v) is 5.32. The van der Waals surface area contributed by atoms with Gasteiger partial charge in [0.2, 0.25) is 5.91 Å². The largest absolute Gasteiger partial charge is 0.479 e. The summed E-state index contributed by atoms with van der Waals surface area (Å²) in [6.07, 6.45) is 0.990. The van der Waals surface area contributed by atoms with Crippen molar-refractivity contribution in [3.05, 3.63) is 31.4 Å². The van der Waals surface area contributed by atoms with E-state index in [1.54, 1.807) is 0 Å². The molecular formula is C22H30INO5.